The lowest BCUT2D eigenvalue weighted by Gasteiger charge is -2.33. The average Bonchev–Trinajstić information content (AvgIpc) is 2.60. The number of hydrogen-bond donors (Lipinski definition) is 1. The van der Waals surface area contributed by atoms with Gasteiger partial charge in [0, 0.05) is 13.0 Å². The topological polar surface area (TPSA) is 70.8 Å². The molecule has 0 aliphatic rings. The summed E-state index contributed by atoms with van der Waals surface area (Å²) in [7, 11) is 0. The molecule has 0 saturated carbocycles. The molecule has 14 heteroatoms. The third kappa shape index (κ3) is 7.81. The molecule has 1 atom stereocenters. The standard InChI is InChI=1S/C15H22F9NO4/c1-2-5-27-6-7-28-8-9-29-11(26)10(25)3-4-12(16,17)13(18,19)14(20,21)15(22,23)24/h10H,2-9,25H2,1H3. The van der Waals surface area contributed by atoms with E-state index in [0.717, 1.165) is 6.42 Å². The first kappa shape index (κ1) is 27.7. The second kappa shape index (κ2) is 11.2. The van der Waals surface area contributed by atoms with Crippen molar-refractivity contribution in [2.75, 3.05) is 33.0 Å². The van der Waals surface area contributed by atoms with Gasteiger partial charge in [0.2, 0.25) is 0 Å². The molecule has 5 nitrogen and oxygen atoms in total. The number of carbonyl (C=O) groups excluding carboxylic acids is 1. The molecule has 29 heavy (non-hydrogen) atoms. The van der Waals surface area contributed by atoms with Crippen LogP contribution in [0.1, 0.15) is 26.2 Å². The van der Waals surface area contributed by atoms with E-state index in [2.05, 4.69) is 4.74 Å². The van der Waals surface area contributed by atoms with Crippen molar-refractivity contribution in [2.45, 2.75) is 56.2 Å². The molecule has 0 aromatic carbocycles. The number of rotatable bonds is 14. The zero-order valence-electron chi connectivity index (χ0n) is 15.3. The Kier molecular flexibility index (Phi) is 10.7. The Hall–Kier alpha value is -1.28. The van der Waals surface area contributed by atoms with Crippen molar-refractivity contribution in [1.82, 2.24) is 0 Å². The maximum Gasteiger partial charge on any atom is 0.460 e. The predicted octanol–water partition coefficient (Wildman–Crippen LogP) is 3.55. The van der Waals surface area contributed by atoms with Crippen LogP contribution in [0.5, 0.6) is 0 Å². The summed E-state index contributed by atoms with van der Waals surface area (Å²) in [6.07, 6.45) is -9.62. The second-order valence-corrected chi connectivity index (χ2v) is 5.89. The fourth-order valence-electron chi connectivity index (χ4n) is 1.79. The molecular formula is C15H22F9NO4. The lowest BCUT2D eigenvalue weighted by Crippen LogP contribution is -2.61. The van der Waals surface area contributed by atoms with E-state index in [1.54, 1.807) is 0 Å². The molecule has 1 unspecified atom stereocenters. The molecular weight excluding hydrogens is 429 g/mol. The van der Waals surface area contributed by atoms with Crippen LogP contribution >= 0.6 is 0 Å². The van der Waals surface area contributed by atoms with Crippen LogP contribution in [0.15, 0.2) is 0 Å². The SMILES string of the molecule is CCCOCCOCCOC(=O)C(N)CCC(F)(F)C(F)(F)C(F)(F)C(F)(F)F. The lowest BCUT2D eigenvalue weighted by molar-refractivity contribution is -0.396. The maximum atomic E-state index is 13.4. The van der Waals surface area contributed by atoms with Crippen molar-refractivity contribution in [3.63, 3.8) is 0 Å². The summed E-state index contributed by atoms with van der Waals surface area (Å²) in [6.45, 7) is 2.35. The van der Waals surface area contributed by atoms with Crippen molar-refractivity contribution in [2.24, 2.45) is 5.73 Å². The Bertz CT molecular complexity index is 501. The van der Waals surface area contributed by atoms with Gasteiger partial charge in [-0.15, -0.1) is 0 Å². The molecule has 0 rings (SSSR count). The summed E-state index contributed by atoms with van der Waals surface area (Å²) in [5.41, 5.74) is 5.13. The summed E-state index contributed by atoms with van der Waals surface area (Å²) in [4.78, 5) is 11.5. The minimum Gasteiger partial charge on any atom is -0.462 e. The smallest absolute Gasteiger partial charge is 0.460 e. The number of carbonyl (C=O) groups is 1. The minimum absolute atomic E-state index is 0.125. The number of esters is 1. The molecule has 0 aliphatic carbocycles. The van der Waals surface area contributed by atoms with Crippen molar-refractivity contribution < 1.29 is 58.5 Å². The Labute approximate surface area is 160 Å². The predicted molar refractivity (Wildman–Crippen MR) is 81.0 cm³/mol. The highest BCUT2D eigenvalue weighted by Gasteiger charge is 2.81. The van der Waals surface area contributed by atoms with Crippen molar-refractivity contribution in [3.05, 3.63) is 0 Å². The van der Waals surface area contributed by atoms with Crippen LogP contribution in [0.4, 0.5) is 39.5 Å². The number of alkyl halides is 9. The van der Waals surface area contributed by atoms with Gasteiger partial charge < -0.3 is 19.9 Å². The van der Waals surface area contributed by atoms with Crippen LogP contribution in [0.2, 0.25) is 0 Å². The van der Waals surface area contributed by atoms with Gasteiger partial charge in [-0.3, -0.25) is 4.79 Å². The number of ether oxygens (including phenoxy) is 3. The lowest BCUT2D eigenvalue weighted by atomic mass is 9.97. The molecule has 0 spiro atoms. The average molecular weight is 451 g/mol. The summed E-state index contributed by atoms with van der Waals surface area (Å²) in [5, 5.41) is 0. The highest BCUT2D eigenvalue weighted by atomic mass is 19.4. The van der Waals surface area contributed by atoms with Gasteiger partial charge in [-0.1, -0.05) is 6.92 Å². The first-order chi connectivity index (χ1) is 13.1. The van der Waals surface area contributed by atoms with Gasteiger partial charge in [-0.05, 0) is 12.8 Å². The Balaban J connectivity index is 4.46. The zero-order valence-corrected chi connectivity index (χ0v) is 15.3. The largest absolute Gasteiger partial charge is 0.462 e. The molecule has 0 bridgehead atoms. The monoisotopic (exact) mass is 451 g/mol. The van der Waals surface area contributed by atoms with Gasteiger partial charge in [-0.25, -0.2) is 0 Å². The van der Waals surface area contributed by atoms with Crippen LogP contribution in [0, 0.1) is 0 Å². The van der Waals surface area contributed by atoms with E-state index >= 15 is 0 Å². The molecule has 0 saturated heterocycles. The molecule has 0 aliphatic heterocycles. The summed E-state index contributed by atoms with van der Waals surface area (Å²) in [5.74, 6) is -20.8. The van der Waals surface area contributed by atoms with E-state index in [1.807, 2.05) is 6.92 Å². The van der Waals surface area contributed by atoms with Gasteiger partial charge in [0.15, 0.2) is 0 Å². The molecule has 0 heterocycles. The zero-order chi connectivity index (χ0) is 22.9. The van der Waals surface area contributed by atoms with E-state index in [1.165, 1.54) is 0 Å². The van der Waals surface area contributed by atoms with Crippen LogP contribution in [0.25, 0.3) is 0 Å². The Morgan fingerprint density at radius 2 is 1.31 bits per heavy atom. The van der Waals surface area contributed by atoms with E-state index in [9.17, 15) is 44.3 Å². The molecule has 174 valence electrons. The van der Waals surface area contributed by atoms with Crippen molar-refractivity contribution in [1.29, 1.82) is 0 Å². The third-order valence-corrected chi connectivity index (χ3v) is 3.47. The first-order valence-corrected chi connectivity index (χ1v) is 8.39. The highest BCUT2D eigenvalue weighted by Crippen LogP contribution is 2.54. The fraction of sp³-hybridized carbons (Fsp3) is 0.933. The van der Waals surface area contributed by atoms with Crippen molar-refractivity contribution in [3.8, 4) is 0 Å². The minimum atomic E-state index is -6.98. The fourth-order valence-corrected chi connectivity index (χ4v) is 1.79. The van der Waals surface area contributed by atoms with E-state index in [0.29, 0.717) is 6.61 Å². The van der Waals surface area contributed by atoms with Gasteiger partial charge >= 0.3 is 29.9 Å². The molecule has 0 aromatic heterocycles. The molecule has 0 radical (unpaired) electrons. The van der Waals surface area contributed by atoms with E-state index in [-0.39, 0.29) is 26.4 Å². The van der Waals surface area contributed by atoms with Gasteiger partial charge in [0.1, 0.15) is 12.6 Å². The van der Waals surface area contributed by atoms with Gasteiger partial charge in [0.25, 0.3) is 0 Å². The molecule has 0 fully saturated rings. The van der Waals surface area contributed by atoms with Crippen LogP contribution in [-0.2, 0) is 19.0 Å². The van der Waals surface area contributed by atoms with E-state index in [4.69, 9.17) is 15.2 Å². The highest BCUT2D eigenvalue weighted by molar-refractivity contribution is 5.75. The van der Waals surface area contributed by atoms with Gasteiger partial charge in [0.05, 0.1) is 19.8 Å². The normalized spacial score (nSPS) is 14.7. The third-order valence-electron chi connectivity index (χ3n) is 3.47. The van der Waals surface area contributed by atoms with Crippen molar-refractivity contribution >= 4 is 5.97 Å². The van der Waals surface area contributed by atoms with Crippen LogP contribution in [-0.4, -0.2) is 69.0 Å². The number of hydrogen-bond acceptors (Lipinski definition) is 5. The summed E-state index contributed by atoms with van der Waals surface area (Å²) < 4.78 is 129. The number of nitrogens with two attached hydrogens (primary N) is 1. The molecule has 2 N–H and O–H groups in total. The molecule has 0 amide bonds. The van der Waals surface area contributed by atoms with E-state index < -0.39 is 48.8 Å². The molecule has 0 aromatic rings. The quantitative estimate of drug-likeness (QED) is 0.249. The summed E-state index contributed by atoms with van der Waals surface area (Å²) >= 11 is 0. The second-order valence-electron chi connectivity index (χ2n) is 5.89. The number of halogens is 9. The first-order valence-electron chi connectivity index (χ1n) is 8.39. The van der Waals surface area contributed by atoms with Crippen LogP contribution < -0.4 is 5.73 Å². The van der Waals surface area contributed by atoms with Gasteiger partial charge in [-0.2, -0.15) is 39.5 Å². The van der Waals surface area contributed by atoms with Crippen LogP contribution in [0.3, 0.4) is 0 Å². The summed E-state index contributed by atoms with van der Waals surface area (Å²) in [6, 6.07) is -1.94. The Morgan fingerprint density at radius 3 is 1.79 bits per heavy atom. The maximum absolute atomic E-state index is 13.4. The Morgan fingerprint density at radius 1 is 0.828 bits per heavy atom.